The Hall–Kier alpha value is -1.66. The molecule has 114 valence electrons. The summed E-state index contributed by atoms with van der Waals surface area (Å²) >= 11 is 0. The molecular weight excluding hydrogens is 286 g/mol. The van der Waals surface area contributed by atoms with Gasteiger partial charge in [-0.1, -0.05) is 12.1 Å². The number of hydrogen-bond donors (Lipinski definition) is 1. The SMILES string of the molecule is Cc1ccc(C)c(S(=O)(=O)NCCCn2cc(C)cn2)c1. The van der Waals surface area contributed by atoms with E-state index >= 15 is 0 Å². The maximum atomic E-state index is 12.3. The van der Waals surface area contributed by atoms with E-state index in [1.807, 2.05) is 36.9 Å². The van der Waals surface area contributed by atoms with Gasteiger partial charge < -0.3 is 0 Å². The van der Waals surface area contributed by atoms with Crippen LogP contribution in [0, 0.1) is 20.8 Å². The van der Waals surface area contributed by atoms with Crippen LogP contribution in [-0.4, -0.2) is 24.7 Å². The van der Waals surface area contributed by atoms with Gasteiger partial charge in [0.1, 0.15) is 0 Å². The van der Waals surface area contributed by atoms with E-state index in [1.54, 1.807) is 19.2 Å². The first-order valence-electron chi connectivity index (χ1n) is 6.94. The number of rotatable bonds is 6. The van der Waals surface area contributed by atoms with Crippen LogP contribution in [0.15, 0.2) is 35.5 Å². The Balaban J connectivity index is 1.94. The van der Waals surface area contributed by atoms with Crippen molar-refractivity contribution < 1.29 is 8.42 Å². The molecule has 21 heavy (non-hydrogen) atoms. The molecule has 2 aromatic rings. The molecule has 0 unspecified atom stereocenters. The predicted octanol–water partition coefficient (Wildman–Crippen LogP) is 2.18. The molecule has 1 aromatic carbocycles. The zero-order valence-electron chi connectivity index (χ0n) is 12.6. The molecular formula is C15H21N3O2S. The topological polar surface area (TPSA) is 64.0 Å². The van der Waals surface area contributed by atoms with E-state index in [2.05, 4.69) is 9.82 Å². The normalized spacial score (nSPS) is 11.8. The van der Waals surface area contributed by atoms with Gasteiger partial charge in [-0.25, -0.2) is 13.1 Å². The van der Waals surface area contributed by atoms with E-state index in [9.17, 15) is 8.42 Å². The van der Waals surface area contributed by atoms with Crippen LogP contribution in [0.25, 0.3) is 0 Å². The van der Waals surface area contributed by atoms with Crippen molar-refractivity contribution in [3.05, 3.63) is 47.3 Å². The van der Waals surface area contributed by atoms with Crippen LogP contribution < -0.4 is 4.72 Å². The van der Waals surface area contributed by atoms with Crippen LogP contribution in [0.1, 0.15) is 23.1 Å². The van der Waals surface area contributed by atoms with Crippen molar-refractivity contribution in [3.63, 3.8) is 0 Å². The quantitative estimate of drug-likeness (QED) is 0.832. The van der Waals surface area contributed by atoms with Crippen molar-refractivity contribution in [2.75, 3.05) is 6.54 Å². The predicted molar refractivity (Wildman–Crippen MR) is 82.7 cm³/mol. The number of aromatic nitrogens is 2. The second-order valence-electron chi connectivity index (χ2n) is 5.30. The largest absolute Gasteiger partial charge is 0.272 e. The molecule has 5 nitrogen and oxygen atoms in total. The first-order valence-corrected chi connectivity index (χ1v) is 8.43. The van der Waals surface area contributed by atoms with Crippen LogP contribution >= 0.6 is 0 Å². The second kappa shape index (κ2) is 6.41. The molecule has 0 amide bonds. The maximum Gasteiger partial charge on any atom is 0.240 e. The fourth-order valence-electron chi connectivity index (χ4n) is 2.11. The Kier molecular flexibility index (Phi) is 4.80. The smallest absolute Gasteiger partial charge is 0.240 e. The third-order valence-electron chi connectivity index (χ3n) is 3.25. The van der Waals surface area contributed by atoms with Crippen molar-refractivity contribution >= 4 is 10.0 Å². The molecule has 2 rings (SSSR count). The van der Waals surface area contributed by atoms with Crippen LogP contribution in [-0.2, 0) is 16.6 Å². The average molecular weight is 307 g/mol. The molecule has 0 aliphatic rings. The first-order chi connectivity index (χ1) is 9.88. The Morgan fingerprint density at radius 1 is 1.19 bits per heavy atom. The molecule has 0 saturated heterocycles. The zero-order chi connectivity index (χ0) is 15.5. The van der Waals surface area contributed by atoms with E-state index in [-0.39, 0.29) is 0 Å². The average Bonchev–Trinajstić information content (AvgIpc) is 2.83. The van der Waals surface area contributed by atoms with Crippen molar-refractivity contribution in [1.82, 2.24) is 14.5 Å². The molecule has 0 fully saturated rings. The number of nitrogens with zero attached hydrogens (tertiary/aromatic N) is 2. The molecule has 0 spiro atoms. The van der Waals surface area contributed by atoms with Crippen molar-refractivity contribution in [2.45, 2.75) is 38.6 Å². The van der Waals surface area contributed by atoms with Crippen LogP contribution in [0.3, 0.4) is 0 Å². The van der Waals surface area contributed by atoms with Crippen LogP contribution in [0.5, 0.6) is 0 Å². The standard InChI is InChI=1S/C15H21N3O2S/c1-12-5-6-14(3)15(9-12)21(19,20)17-7-4-8-18-11-13(2)10-16-18/h5-6,9-11,17H,4,7-8H2,1-3H3. The van der Waals surface area contributed by atoms with Gasteiger partial charge in [-0.3, -0.25) is 4.68 Å². The van der Waals surface area contributed by atoms with Crippen LogP contribution in [0.4, 0.5) is 0 Å². The summed E-state index contributed by atoms with van der Waals surface area (Å²) in [5.74, 6) is 0. The van der Waals surface area contributed by atoms with Crippen molar-refractivity contribution in [2.24, 2.45) is 0 Å². The van der Waals surface area contributed by atoms with E-state index in [0.29, 0.717) is 24.4 Å². The summed E-state index contributed by atoms with van der Waals surface area (Å²) in [6.45, 7) is 6.77. The molecule has 0 aliphatic heterocycles. The summed E-state index contributed by atoms with van der Waals surface area (Å²) in [5.41, 5.74) is 2.80. The lowest BCUT2D eigenvalue weighted by Gasteiger charge is -2.10. The zero-order valence-corrected chi connectivity index (χ0v) is 13.4. The lowest BCUT2D eigenvalue weighted by atomic mass is 10.2. The van der Waals surface area contributed by atoms with E-state index < -0.39 is 10.0 Å². The molecule has 1 heterocycles. The van der Waals surface area contributed by atoms with Crippen molar-refractivity contribution in [3.8, 4) is 0 Å². The van der Waals surface area contributed by atoms with Gasteiger partial charge in [0.25, 0.3) is 0 Å². The fourth-order valence-corrected chi connectivity index (χ4v) is 3.51. The van der Waals surface area contributed by atoms with E-state index in [1.165, 1.54) is 0 Å². The molecule has 0 saturated carbocycles. The summed E-state index contributed by atoms with van der Waals surface area (Å²) in [7, 11) is -3.44. The van der Waals surface area contributed by atoms with Crippen molar-refractivity contribution in [1.29, 1.82) is 0 Å². The van der Waals surface area contributed by atoms with Gasteiger partial charge in [-0.2, -0.15) is 5.10 Å². The number of hydrogen-bond acceptors (Lipinski definition) is 3. The highest BCUT2D eigenvalue weighted by atomic mass is 32.2. The molecule has 1 N–H and O–H groups in total. The summed E-state index contributed by atoms with van der Waals surface area (Å²) in [5, 5.41) is 4.17. The number of benzene rings is 1. The van der Waals surface area contributed by atoms with Gasteiger partial charge >= 0.3 is 0 Å². The Labute approximate surface area is 126 Å². The fraction of sp³-hybridized carbons (Fsp3) is 0.400. The minimum atomic E-state index is -3.44. The highest BCUT2D eigenvalue weighted by Crippen LogP contribution is 2.16. The number of nitrogens with one attached hydrogen (secondary N) is 1. The molecule has 1 aromatic heterocycles. The number of aryl methyl sites for hydroxylation is 4. The monoisotopic (exact) mass is 307 g/mol. The van der Waals surface area contributed by atoms with Gasteiger partial charge in [0.05, 0.1) is 11.1 Å². The second-order valence-corrected chi connectivity index (χ2v) is 7.04. The maximum absolute atomic E-state index is 12.3. The Morgan fingerprint density at radius 2 is 1.95 bits per heavy atom. The minimum Gasteiger partial charge on any atom is -0.272 e. The molecule has 0 atom stereocenters. The lowest BCUT2D eigenvalue weighted by Crippen LogP contribution is -2.26. The van der Waals surface area contributed by atoms with E-state index in [4.69, 9.17) is 0 Å². The summed E-state index contributed by atoms with van der Waals surface area (Å²) in [4.78, 5) is 0.359. The highest BCUT2D eigenvalue weighted by molar-refractivity contribution is 7.89. The van der Waals surface area contributed by atoms with Gasteiger partial charge in [-0.15, -0.1) is 0 Å². The third kappa shape index (κ3) is 4.15. The number of sulfonamides is 1. The third-order valence-corrected chi connectivity index (χ3v) is 4.85. The lowest BCUT2D eigenvalue weighted by molar-refractivity contribution is 0.552. The Morgan fingerprint density at radius 3 is 2.62 bits per heavy atom. The first kappa shape index (κ1) is 15.7. The van der Waals surface area contributed by atoms with E-state index in [0.717, 1.165) is 16.7 Å². The molecule has 0 radical (unpaired) electrons. The summed E-state index contributed by atoms with van der Waals surface area (Å²) < 4.78 is 29.0. The highest BCUT2D eigenvalue weighted by Gasteiger charge is 2.16. The molecule has 0 bridgehead atoms. The van der Waals surface area contributed by atoms with Gasteiger partial charge in [-0.05, 0) is 49.9 Å². The summed E-state index contributed by atoms with van der Waals surface area (Å²) in [6, 6.07) is 5.44. The molecule has 6 heteroatoms. The van der Waals surface area contributed by atoms with Gasteiger partial charge in [0, 0.05) is 19.3 Å². The minimum absolute atomic E-state index is 0.359. The van der Waals surface area contributed by atoms with Crippen LogP contribution in [0.2, 0.25) is 0 Å². The van der Waals surface area contributed by atoms with Gasteiger partial charge in [0.2, 0.25) is 10.0 Å². The molecule has 0 aliphatic carbocycles. The summed E-state index contributed by atoms with van der Waals surface area (Å²) in [6.07, 6.45) is 4.44. The Bertz CT molecular complexity index is 720. The van der Waals surface area contributed by atoms with Gasteiger partial charge in [0.15, 0.2) is 0 Å².